The van der Waals surface area contributed by atoms with Crippen LogP contribution in [-0.4, -0.2) is 22.8 Å². The molecule has 5 nitrogen and oxygen atoms in total. The van der Waals surface area contributed by atoms with Crippen molar-refractivity contribution in [2.75, 3.05) is 11.9 Å². The van der Waals surface area contributed by atoms with E-state index < -0.39 is 0 Å². The first-order valence-corrected chi connectivity index (χ1v) is 6.93. The Labute approximate surface area is 124 Å². The maximum absolute atomic E-state index is 8.68. The highest BCUT2D eigenvalue weighted by Gasteiger charge is 2.10. The van der Waals surface area contributed by atoms with Gasteiger partial charge in [-0.15, -0.1) is 10.2 Å². The third kappa shape index (κ3) is 4.18. The Bertz CT molecular complexity index is 619. The van der Waals surface area contributed by atoms with Crippen molar-refractivity contribution in [3.8, 4) is 11.8 Å². The number of rotatable bonds is 6. The highest BCUT2D eigenvalue weighted by Crippen LogP contribution is 2.18. The minimum atomic E-state index is 0.0449. The molecule has 0 spiro atoms. The molecule has 1 unspecified atom stereocenters. The van der Waals surface area contributed by atoms with Gasteiger partial charge >= 0.3 is 0 Å². The molecule has 0 amide bonds. The SMILES string of the molecule is CCC(CNc1ccc(C#N)nn1)Oc1ccccc1C. The fourth-order valence-electron chi connectivity index (χ4n) is 1.84. The second kappa shape index (κ2) is 7.25. The highest BCUT2D eigenvalue weighted by atomic mass is 16.5. The van der Waals surface area contributed by atoms with E-state index in [0.29, 0.717) is 18.1 Å². The average Bonchev–Trinajstić information content (AvgIpc) is 2.53. The fourth-order valence-corrected chi connectivity index (χ4v) is 1.84. The van der Waals surface area contributed by atoms with E-state index in [9.17, 15) is 0 Å². The van der Waals surface area contributed by atoms with Crippen molar-refractivity contribution >= 4 is 5.82 Å². The lowest BCUT2D eigenvalue weighted by Gasteiger charge is -2.19. The van der Waals surface area contributed by atoms with Gasteiger partial charge in [0.25, 0.3) is 0 Å². The standard InChI is InChI=1S/C16H18N4O/c1-3-14(21-15-7-5-4-6-12(15)2)11-18-16-9-8-13(10-17)19-20-16/h4-9,14H,3,11H2,1-2H3,(H,18,20). The van der Waals surface area contributed by atoms with Crippen LogP contribution in [-0.2, 0) is 0 Å². The van der Waals surface area contributed by atoms with Crippen LogP contribution >= 0.6 is 0 Å². The number of hydrogen-bond donors (Lipinski definition) is 1. The van der Waals surface area contributed by atoms with Crippen LogP contribution in [0.1, 0.15) is 24.6 Å². The van der Waals surface area contributed by atoms with Crippen LogP contribution in [0.15, 0.2) is 36.4 Å². The van der Waals surface area contributed by atoms with Crippen LogP contribution in [0.4, 0.5) is 5.82 Å². The number of nitrogens with one attached hydrogen (secondary N) is 1. The molecule has 1 heterocycles. The lowest BCUT2D eigenvalue weighted by atomic mass is 10.2. The first kappa shape index (κ1) is 14.8. The number of hydrogen-bond acceptors (Lipinski definition) is 5. The molecule has 1 N–H and O–H groups in total. The summed E-state index contributed by atoms with van der Waals surface area (Å²) in [5, 5.41) is 19.6. The molecular formula is C16H18N4O. The summed E-state index contributed by atoms with van der Waals surface area (Å²) in [6.07, 6.45) is 0.925. The molecule has 5 heteroatoms. The van der Waals surface area contributed by atoms with Crippen molar-refractivity contribution in [2.24, 2.45) is 0 Å². The third-order valence-electron chi connectivity index (χ3n) is 3.13. The monoisotopic (exact) mass is 282 g/mol. The van der Waals surface area contributed by atoms with Crippen molar-refractivity contribution in [2.45, 2.75) is 26.4 Å². The summed E-state index contributed by atoms with van der Waals surface area (Å²) >= 11 is 0. The van der Waals surface area contributed by atoms with Crippen LogP contribution in [0.2, 0.25) is 0 Å². The zero-order valence-corrected chi connectivity index (χ0v) is 12.2. The van der Waals surface area contributed by atoms with E-state index in [1.807, 2.05) is 37.3 Å². The van der Waals surface area contributed by atoms with Gasteiger partial charge in [0.2, 0.25) is 0 Å². The lowest BCUT2D eigenvalue weighted by molar-refractivity contribution is 0.208. The number of aryl methyl sites for hydroxylation is 1. The highest BCUT2D eigenvalue weighted by molar-refractivity contribution is 5.36. The molecule has 2 rings (SSSR count). The maximum atomic E-state index is 8.68. The number of para-hydroxylation sites is 1. The van der Waals surface area contributed by atoms with E-state index >= 15 is 0 Å². The summed E-state index contributed by atoms with van der Waals surface area (Å²) in [7, 11) is 0. The van der Waals surface area contributed by atoms with Crippen molar-refractivity contribution in [3.63, 3.8) is 0 Å². The number of anilines is 1. The Hall–Kier alpha value is -2.61. The summed E-state index contributed by atoms with van der Waals surface area (Å²) < 4.78 is 6.00. The molecule has 0 aliphatic heterocycles. The van der Waals surface area contributed by atoms with Gasteiger partial charge < -0.3 is 10.1 Å². The van der Waals surface area contributed by atoms with Crippen molar-refractivity contribution in [3.05, 3.63) is 47.7 Å². The Balaban J connectivity index is 1.93. The van der Waals surface area contributed by atoms with Gasteiger partial charge in [0.15, 0.2) is 5.69 Å². The molecule has 1 aromatic heterocycles. The van der Waals surface area contributed by atoms with E-state index in [4.69, 9.17) is 10.00 Å². The number of benzene rings is 1. The summed E-state index contributed by atoms with van der Waals surface area (Å²) in [6, 6.07) is 13.3. The Kier molecular flexibility index (Phi) is 5.10. The van der Waals surface area contributed by atoms with Crippen molar-refractivity contribution < 1.29 is 4.74 Å². The van der Waals surface area contributed by atoms with Gasteiger partial charge in [-0.25, -0.2) is 0 Å². The quantitative estimate of drug-likeness (QED) is 0.882. The molecule has 0 aliphatic rings. The fraction of sp³-hybridized carbons (Fsp3) is 0.312. The molecule has 2 aromatic rings. The largest absolute Gasteiger partial charge is 0.488 e. The molecule has 21 heavy (non-hydrogen) atoms. The van der Waals surface area contributed by atoms with Gasteiger partial charge in [0.05, 0.1) is 6.54 Å². The molecule has 0 aliphatic carbocycles. The van der Waals surface area contributed by atoms with E-state index in [1.165, 1.54) is 0 Å². The van der Waals surface area contributed by atoms with Gasteiger partial charge in [-0.1, -0.05) is 25.1 Å². The van der Waals surface area contributed by atoms with E-state index in [-0.39, 0.29) is 6.10 Å². The molecule has 0 saturated heterocycles. The summed E-state index contributed by atoms with van der Waals surface area (Å²) in [5.41, 5.74) is 1.43. The van der Waals surface area contributed by atoms with Gasteiger partial charge in [0.1, 0.15) is 23.7 Å². The Morgan fingerprint density at radius 2 is 2.05 bits per heavy atom. The number of aromatic nitrogens is 2. The Morgan fingerprint density at radius 1 is 1.24 bits per heavy atom. The van der Waals surface area contributed by atoms with E-state index in [2.05, 4.69) is 22.4 Å². The van der Waals surface area contributed by atoms with E-state index in [1.54, 1.807) is 12.1 Å². The summed E-state index contributed by atoms with van der Waals surface area (Å²) in [4.78, 5) is 0. The lowest BCUT2D eigenvalue weighted by Crippen LogP contribution is -2.26. The van der Waals surface area contributed by atoms with Crippen molar-refractivity contribution in [1.29, 1.82) is 5.26 Å². The zero-order valence-electron chi connectivity index (χ0n) is 12.2. The van der Waals surface area contributed by atoms with Crippen LogP contribution < -0.4 is 10.1 Å². The van der Waals surface area contributed by atoms with Gasteiger partial charge in [-0.3, -0.25) is 0 Å². The minimum absolute atomic E-state index is 0.0449. The van der Waals surface area contributed by atoms with Crippen LogP contribution in [0.25, 0.3) is 0 Å². The maximum Gasteiger partial charge on any atom is 0.163 e. The molecule has 1 aromatic carbocycles. The molecule has 0 saturated carbocycles. The minimum Gasteiger partial charge on any atom is -0.488 e. The average molecular weight is 282 g/mol. The predicted molar refractivity (Wildman–Crippen MR) is 81.1 cm³/mol. The van der Waals surface area contributed by atoms with Crippen LogP contribution in [0.5, 0.6) is 5.75 Å². The zero-order chi connectivity index (χ0) is 15.1. The summed E-state index contributed by atoms with van der Waals surface area (Å²) in [5.74, 6) is 1.54. The van der Waals surface area contributed by atoms with Gasteiger partial charge in [-0.2, -0.15) is 5.26 Å². The molecule has 108 valence electrons. The molecule has 1 atom stereocenters. The molecular weight excluding hydrogens is 264 g/mol. The van der Waals surface area contributed by atoms with Crippen LogP contribution in [0, 0.1) is 18.3 Å². The Morgan fingerprint density at radius 3 is 2.67 bits per heavy atom. The molecule has 0 fully saturated rings. The smallest absolute Gasteiger partial charge is 0.163 e. The second-order valence-corrected chi connectivity index (χ2v) is 4.71. The first-order valence-electron chi connectivity index (χ1n) is 6.93. The number of nitrogens with zero attached hydrogens (tertiary/aromatic N) is 3. The van der Waals surface area contributed by atoms with Gasteiger partial charge in [-0.05, 0) is 37.1 Å². The van der Waals surface area contributed by atoms with Crippen molar-refractivity contribution in [1.82, 2.24) is 10.2 Å². The molecule has 0 bridgehead atoms. The van der Waals surface area contributed by atoms with Gasteiger partial charge in [0, 0.05) is 0 Å². The number of ether oxygens (including phenoxy) is 1. The second-order valence-electron chi connectivity index (χ2n) is 4.71. The predicted octanol–water partition coefficient (Wildman–Crippen LogP) is 2.93. The topological polar surface area (TPSA) is 70.8 Å². The number of nitriles is 1. The third-order valence-corrected chi connectivity index (χ3v) is 3.13. The van der Waals surface area contributed by atoms with Crippen LogP contribution in [0.3, 0.4) is 0 Å². The molecule has 0 radical (unpaired) electrons. The normalized spacial score (nSPS) is 11.5. The summed E-state index contributed by atoms with van der Waals surface area (Å²) in [6.45, 7) is 4.74. The van der Waals surface area contributed by atoms with E-state index in [0.717, 1.165) is 17.7 Å². The first-order chi connectivity index (χ1) is 10.2.